The second kappa shape index (κ2) is 11.7. The molecule has 0 saturated carbocycles. The van der Waals surface area contributed by atoms with Gasteiger partial charge >= 0.3 is 11.9 Å². The molecular weight excluding hydrogens is 494 g/mol. The van der Waals surface area contributed by atoms with Gasteiger partial charge in [0.2, 0.25) is 0 Å². The number of hydrogen-bond donors (Lipinski definition) is 0. The number of benzene rings is 2. The Morgan fingerprint density at radius 3 is 2.66 bits per heavy atom. The lowest BCUT2D eigenvalue weighted by atomic mass is 9.75. The van der Waals surface area contributed by atoms with Crippen LogP contribution < -0.4 is 4.74 Å². The number of carbonyl (C=O) groups is 2. The zero-order valence-corrected chi connectivity index (χ0v) is 20.8. The van der Waals surface area contributed by atoms with Crippen LogP contribution in [0.15, 0.2) is 64.8 Å². The summed E-state index contributed by atoms with van der Waals surface area (Å²) in [5.41, 5.74) is 1.03. The minimum absolute atomic E-state index is 0.00572. The average molecular weight is 520 g/mol. The van der Waals surface area contributed by atoms with Crippen molar-refractivity contribution in [3.8, 4) is 11.8 Å². The zero-order chi connectivity index (χ0) is 27.2. The second-order valence-electron chi connectivity index (χ2n) is 8.69. The lowest BCUT2D eigenvalue weighted by Gasteiger charge is -2.30. The topological polar surface area (TPSA) is 154 Å². The number of aliphatic imine (C=N–C) groups is 1. The molecule has 0 radical (unpaired) electrons. The van der Waals surface area contributed by atoms with Gasteiger partial charge in [-0.25, -0.2) is 9.79 Å². The van der Waals surface area contributed by atoms with Crippen LogP contribution in [0.5, 0.6) is 5.75 Å². The fourth-order valence-corrected chi connectivity index (χ4v) is 4.40. The minimum atomic E-state index is -1.29. The molecule has 3 unspecified atom stereocenters. The Bertz CT molecular complexity index is 1360. The Labute approximate surface area is 218 Å². The maximum Gasteiger partial charge on any atom is 0.336 e. The third kappa shape index (κ3) is 5.87. The van der Waals surface area contributed by atoms with Crippen molar-refractivity contribution in [2.24, 2.45) is 10.9 Å². The second-order valence-corrected chi connectivity index (χ2v) is 8.69. The molecule has 0 N–H and O–H groups in total. The molecule has 38 heavy (non-hydrogen) atoms. The molecule has 0 spiro atoms. The number of para-hydroxylation sites is 1. The van der Waals surface area contributed by atoms with Crippen LogP contribution in [0, 0.1) is 27.4 Å². The van der Waals surface area contributed by atoms with E-state index in [1.54, 1.807) is 0 Å². The van der Waals surface area contributed by atoms with Crippen molar-refractivity contribution in [3.05, 3.63) is 81.0 Å². The highest BCUT2D eigenvalue weighted by atomic mass is 16.6. The Kier molecular flexibility index (Phi) is 8.13. The first-order chi connectivity index (χ1) is 18.3. The summed E-state index contributed by atoms with van der Waals surface area (Å²) in [6.07, 6.45) is 0.910. The van der Waals surface area contributed by atoms with Crippen molar-refractivity contribution in [1.29, 1.82) is 5.26 Å². The predicted octanol–water partition coefficient (Wildman–Crippen LogP) is 3.28. The first kappa shape index (κ1) is 26.5. The molecule has 0 aromatic heterocycles. The summed E-state index contributed by atoms with van der Waals surface area (Å²) in [6, 6.07) is 14.9. The molecular formula is C27H25N3O8. The van der Waals surface area contributed by atoms with Crippen LogP contribution in [0.25, 0.3) is 0 Å². The molecule has 2 aromatic rings. The molecule has 0 bridgehead atoms. The number of methoxy groups -OCH3 is 1. The van der Waals surface area contributed by atoms with E-state index in [9.17, 15) is 25.0 Å². The van der Waals surface area contributed by atoms with Crippen LogP contribution in [-0.4, -0.2) is 55.6 Å². The Morgan fingerprint density at radius 1 is 1.21 bits per heavy atom. The highest BCUT2D eigenvalue weighted by Gasteiger charge is 2.44. The SMILES string of the molecule is COC(=O)C1C(C#N)=NC(C)=C(C(=O)OCCOc2ccccc2CC2CO2)C1c1cccc([N+](=O)[O-])c1. The number of non-ortho nitro benzene ring substituents is 1. The smallest absolute Gasteiger partial charge is 0.336 e. The number of allylic oxidation sites excluding steroid dienone is 1. The van der Waals surface area contributed by atoms with Gasteiger partial charge in [-0.2, -0.15) is 5.26 Å². The molecule has 3 atom stereocenters. The van der Waals surface area contributed by atoms with Gasteiger partial charge in [0.25, 0.3) is 5.69 Å². The van der Waals surface area contributed by atoms with Gasteiger partial charge in [-0.05, 0) is 24.1 Å². The standard InChI is InChI=1S/C27H25N3O8/c1-16-23(27(32)37-11-10-36-22-9-4-3-6-17(22)13-20-15-38-20)24(18-7-5-8-19(12-18)30(33)34)25(26(31)35-2)21(14-28)29-16/h3-9,12,20,24-25H,10-11,13,15H2,1-2H3. The van der Waals surface area contributed by atoms with Gasteiger partial charge in [0, 0.05) is 30.2 Å². The van der Waals surface area contributed by atoms with Crippen LogP contribution in [0.1, 0.15) is 24.0 Å². The summed E-state index contributed by atoms with van der Waals surface area (Å²) >= 11 is 0. The molecule has 2 aliphatic heterocycles. The highest BCUT2D eigenvalue weighted by molar-refractivity contribution is 6.14. The van der Waals surface area contributed by atoms with Crippen molar-refractivity contribution in [1.82, 2.24) is 0 Å². The molecule has 2 heterocycles. The summed E-state index contributed by atoms with van der Waals surface area (Å²) < 4.78 is 21.5. The zero-order valence-electron chi connectivity index (χ0n) is 20.8. The average Bonchev–Trinajstić information content (AvgIpc) is 3.74. The first-order valence-electron chi connectivity index (χ1n) is 11.8. The molecule has 0 amide bonds. The summed E-state index contributed by atoms with van der Waals surface area (Å²) in [5.74, 6) is -3.29. The van der Waals surface area contributed by atoms with E-state index in [4.69, 9.17) is 18.9 Å². The van der Waals surface area contributed by atoms with E-state index < -0.39 is 28.7 Å². The molecule has 11 heteroatoms. The van der Waals surface area contributed by atoms with Crippen LogP contribution >= 0.6 is 0 Å². The van der Waals surface area contributed by atoms with Gasteiger partial charge in [0.15, 0.2) is 0 Å². The summed E-state index contributed by atoms with van der Waals surface area (Å²) in [6.45, 7) is 2.19. The number of nitriles is 1. The Morgan fingerprint density at radius 2 is 1.97 bits per heavy atom. The molecule has 2 aliphatic rings. The number of ether oxygens (including phenoxy) is 4. The molecule has 11 nitrogen and oxygen atoms in total. The fraction of sp³-hybridized carbons (Fsp3) is 0.333. The number of carbonyl (C=O) groups excluding carboxylic acids is 2. The number of nitrogens with zero attached hydrogens (tertiary/aromatic N) is 3. The van der Waals surface area contributed by atoms with Gasteiger partial charge < -0.3 is 18.9 Å². The molecule has 1 saturated heterocycles. The Hall–Kier alpha value is -4.56. The monoisotopic (exact) mass is 519 g/mol. The van der Waals surface area contributed by atoms with E-state index in [1.165, 1.54) is 31.2 Å². The van der Waals surface area contributed by atoms with Crippen molar-refractivity contribution in [2.45, 2.75) is 25.4 Å². The van der Waals surface area contributed by atoms with Gasteiger partial charge in [0.05, 0.1) is 30.3 Å². The number of esters is 2. The largest absolute Gasteiger partial charge is 0.490 e. The van der Waals surface area contributed by atoms with E-state index in [1.807, 2.05) is 30.3 Å². The van der Waals surface area contributed by atoms with Crippen molar-refractivity contribution < 1.29 is 33.5 Å². The number of rotatable bonds is 10. The molecule has 2 aromatic carbocycles. The van der Waals surface area contributed by atoms with E-state index in [-0.39, 0.29) is 47.6 Å². The summed E-state index contributed by atoms with van der Waals surface area (Å²) in [5, 5.41) is 21.1. The first-order valence-corrected chi connectivity index (χ1v) is 11.8. The van der Waals surface area contributed by atoms with E-state index in [0.29, 0.717) is 12.4 Å². The maximum atomic E-state index is 13.3. The van der Waals surface area contributed by atoms with E-state index in [2.05, 4.69) is 4.99 Å². The van der Waals surface area contributed by atoms with E-state index >= 15 is 0 Å². The normalized spacial score (nSPS) is 20.1. The lowest BCUT2D eigenvalue weighted by molar-refractivity contribution is -0.384. The quantitative estimate of drug-likeness (QED) is 0.151. The fourth-order valence-electron chi connectivity index (χ4n) is 4.40. The third-order valence-electron chi connectivity index (χ3n) is 6.24. The molecule has 1 fully saturated rings. The van der Waals surface area contributed by atoms with E-state index in [0.717, 1.165) is 19.1 Å². The van der Waals surface area contributed by atoms with Gasteiger partial charge in [-0.3, -0.25) is 14.9 Å². The van der Waals surface area contributed by atoms with Crippen LogP contribution in [0.3, 0.4) is 0 Å². The van der Waals surface area contributed by atoms with Gasteiger partial charge in [-0.15, -0.1) is 0 Å². The third-order valence-corrected chi connectivity index (χ3v) is 6.24. The number of epoxide rings is 1. The number of hydrogen-bond acceptors (Lipinski definition) is 10. The molecule has 196 valence electrons. The summed E-state index contributed by atoms with van der Waals surface area (Å²) in [7, 11) is 1.15. The highest BCUT2D eigenvalue weighted by Crippen LogP contribution is 2.41. The van der Waals surface area contributed by atoms with Crippen LogP contribution in [0.2, 0.25) is 0 Å². The maximum absolute atomic E-state index is 13.3. The van der Waals surface area contributed by atoms with Crippen LogP contribution in [-0.2, 0) is 30.2 Å². The van der Waals surface area contributed by atoms with Gasteiger partial charge in [0.1, 0.15) is 36.7 Å². The minimum Gasteiger partial charge on any atom is -0.490 e. The lowest BCUT2D eigenvalue weighted by Crippen LogP contribution is -2.37. The molecule has 4 rings (SSSR count). The van der Waals surface area contributed by atoms with Crippen molar-refractivity contribution in [3.63, 3.8) is 0 Å². The van der Waals surface area contributed by atoms with Crippen molar-refractivity contribution >= 4 is 23.3 Å². The van der Waals surface area contributed by atoms with Gasteiger partial charge in [-0.1, -0.05) is 30.3 Å². The van der Waals surface area contributed by atoms with Crippen LogP contribution in [0.4, 0.5) is 5.69 Å². The number of nitro benzene ring substituents is 1. The van der Waals surface area contributed by atoms with Crippen molar-refractivity contribution in [2.75, 3.05) is 26.9 Å². The Balaban J connectivity index is 1.56. The molecule has 0 aliphatic carbocycles. The summed E-state index contributed by atoms with van der Waals surface area (Å²) in [4.78, 5) is 41.0. The number of nitro groups is 1. The predicted molar refractivity (Wildman–Crippen MR) is 133 cm³/mol.